The molecule has 0 bridgehead atoms. The summed E-state index contributed by atoms with van der Waals surface area (Å²) in [7, 11) is 0. The number of hydrogen-bond acceptors (Lipinski definition) is 4. The van der Waals surface area contributed by atoms with E-state index in [1.165, 1.54) is 18.9 Å². The second kappa shape index (κ2) is 6.16. The van der Waals surface area contributed by atoms with Gasteiger partial charge in [-0.3, -0.25) is 10.1 Å². The Bertz CT molecular complexity index is 480. The Labute approximate surface area is 115 Å². The van der Waals surface area contributed by atoms with E-state index >= 15 is 0 Å². The molecule has 1 aromatic carbocycles. The van der Waals surface area contributed by atoms with E-state index in [4.69, 9.17) is 11.6 Å². The van der Waals surface area contributed by atoms with Crippen LogP contribution in [0.3, 0.4) is 0 Å². The maximum atomic E-state index is 13.2. The predicted octanol–water partition coefficient (Wildman–Crippen LogP) is 2.94. The van der Waals surface area contributed by atoms with Crippen LogP contribution in [-0.2, 0) is 0 Å². The molecule has 1 aliphatic rings. The molecule has 0 unspecified atom stereocenters. The highest BCUT2D eigenvalue weighted by atomic mass is 35.5. The molecule has 19 heavy (non-hydrogen) atoms. The third kappa shape index (κ3) is 4.04. The number of nitrogens with zero attached hydrogens (tertiary/aromatic N) is 1. The van der Waals surface area contributed by atoms with Crippen LogP contribution in [0.5, 0.6) is 0 Å². The second-order valence-corrected chi connectivity index (χ2v) is 4.96. The van der Waals surface area contributed by atoms with Crippen LogP contribution in [0.25, 0.3) is 0 Å². The lowest BCUT2D eigenvalue weighted by Crippen LogP contribution is -2.20. The van der Waals surface area contributed by atoms with E-state index in [-0.39, 0.29) is 16.4 Å². The molecule has 5 nitrogen and oxygen atoms in total. The fourth-order valence-corrected chi connectivity index (χ4v) is 1.90. The standard InChI is InChI=1S/C12H15ClFN3O2/c13-9-6-11(12(17(18)19)7-10(9)14)16-5-1-4-15-8-2-3-8/h6-8,15-16H,1-5H2. The highest BCUT2D eigenvalue weighted by Gasteiger charge is 2.20. The van der Waals surface area contributed by atoms with Crippen LogP contribution in [0.15, 0.2) is 12.1 Å². The molecule has 0 aliphatic heterocycles. The van der Waals surface area contributed by atoms with Crippen LogP contribution in [0.1, 0.15) is 19.3 Å². The van der Waals surface area contributed by atoms with Gasteiger partial charge in [0.25, 0.3) is 5.69 Å². The van der Waals surface area contributed by atoms with Crippen LogP contribution in [0, 0.1) is 15.9 Å². The third-order valence-corrected chi connectivity index (χ3v) is 3.20. The molecule has 104 valence electrons. The molecule has 1 saturated carbocycles. The van der Waals surface area contributed by atoms with Gasteiger partial charge in [-0.15, -0.1) is 0 Å². The average Bonchev–Trinajstić information content (AvgIpc) is 3.16. The molecule has 0 atom stereocenters. The third-order valence-electron chi connectivity index (χ3n) is 2.91. The molecule has 0 radical (unpaired) electrons. The van der Waals surface area contributed by atoms with E-state index in [1.54, 1.807) is 0 Å². The Kier molecular flexibility index (Phi) is 4.55. The first-order valence-corrected chi connectivity index (χ1v) is 6.56. The lowest BCUT2D eigenvalue weighted by molar-refractivity contribution is -0.384. The molecule has 2 N–H and O–H groups in total. The lowest BCUT2D eigenvalue weighted by atomic mass is 10.2. The summed E-state index contributed by atoms with van der Waals surface area (Å²) >= 11 is 5.63. The number of anilines is 1. The van der Waals surface area contributed by atoms with Crippen molar-refractivity contribution >= 4 is 23.0 Å². The predicted molar refractivity (Wildman–Crippen MR) is 72.2 cm³/mol. The minimum atomic E-state index is -0.783. The first-order chi connectivity index (χ1) is 9.08. The van der Waals surface area contributed by atoms with E-state index in [0.717, 1.165) is 19.0 Å². The molecule has 0 heterocycles. The van der Waals surface area contributed by atoms with Gasteiger partial charge in [-0.25, -0.2) is 4.39 Å². The van der Waals surface area contributed by atoms with Gasteiger partial charge in [0.2, 0.25) is 0 Å². The van der Waals surface area contributed by atoms with Gasteiger partial charge in [0.1, 0.15) is 11.5 Å². The molecule has 1 fully saturated rings. The highest BCUT2D eigenvalue weighted by molar-refractivity contribution is 6.31. The Morgan fingerprint density at radius 2 is 2.16 bits per heavy atom. The summed E-state index contributed by atoms with van der Waals surface area (Å²) in [4.78, 5) is 10.2. The number of benzene rings is 1. The first-order valence-electron chi connectivity index (χ1n) is 6.18. The number of hydrogen-bond donors (Lipinski definition) is 2. The van der Waals surface area contributed by atoms with Crippen molar-refractivity contribution in [3.05, 3.63) is 33.1 Å². The summed E-state index contributed by atoms with van der Waals surface area (Å²) in [6.07, 6.45) is 3.29. The average molecular weight is 288 g/mol. The Hall–Kier alpha value is -1.40. The van der Waals surface area contributed by atoms with Gasteiger partial charge in [-0.05, 0) is 31.9 Å². The fraction of sp³-hybridized carbons (Fsp3) is 0.500. The van der Waals surface area contributed by atoms with E-state index in [9.17, 15) is 14.5 Å². The van der Waals surface area contributed by atoms with Crippen LogP contribution in [0.4, 0.5) is 15.8 Å². The Balaban J connectivity index is 1.89. The van der Waals surface area contributed by atoms with Gasteiger partial charge >= 0.3 is 0 Å². The number of nitro benzene ring substituents is 1. The van der Waals surface area contributed by atoms with Crippen LogP contribution < -0.4 is 10.6 Å². The van der Waals surface area contributed by atoms with Crippen LogP contribution in [-0.4, -0.2) is 24.1 Å². The van der Waals surface area contributed by atoms with Crippen LogP contribution >= 0.6 is 11.6 Å². The molecule has 2 rings (SSSR count). The summed E-state index contributed by atoms with van der Waals surface area (Å²) in [5.41, 5.74) is -0.0418. The largest absolute Gasteiger partial charge is 0.379 e. The quantitative estimate of drug-likeness (QED) is 0.460. The van der Waals surface area contributed by atoms with E-state index in [2.05, 4.69) is 10.6 Å². The van der Waals surface area contributed by atoms with Crippen molar-refractivity contribution in [2.45, 2.75) is 25.3 Å². The van der Waals surface area contributed by atoms with Gasteiger partial charge in [-0.1, -0.05) is 11.6 Å². The van der Waals surface area contributed by atoms with Gasteiger partial charge in [0.15, 0.2) is 0 Å². The molecule has 0 saturated heterocycles. The molecule has 1 aliphatic carbocycles. The monoisotopic (exact) mass is 287 g/mol. The minimum absolute atomic E-state index is 0.121. The van der Waals surface area contributed by atoms with Crippen molar-refractivity contribution in [2.24, 2.45) is 0 Å². The number of halogens is 2. The first kappa shape index (κ1) is 14.0. The molecule has 7 heteroatoms. The van der Waals surface area contributed by atoms with Crippen molar-refractivity contribution in [2.75, 3.05) is 18.4 Å². The van der Waals surface area contributed by atoms with Crippen molar-refractivity contribution in [1.82, 2.24) is 5.32 Å². The Morgan fingerprint density at radius 1 is 1.42 bits per heavy atom. The maximum absolute atomic E-state index is 13.2. The van der Waals surface area contributed by atoms with Crippen molar-refractivity contribution in [3.63, 3.8) is 0 Å². The zero-order valence-electron chi connectivity index (χ0n) is 10.3. The maximum Gasteiger partial charge on any atom is 0.295 e. The summed E-state index contributed by atoms with van der Waals surface area (Å²) < 4.78 is 13.2. The Morgan fingerprint density at radius 3 is 2.79 bits per heavy atom. The molecule has 0 aromatic heterocycles. The molecule has 1 aromatic rings. The van der Waals surface area contributed by atoms with E-state index in [1.807, 2.05) is 0 Å². The highest BCUT2D eigenvalue weighted by Crippen LogP contribution is 2.30. The summed E-state index contributed by atoms with van der Waals surface area (Å²) in [5.74, 6) is -0.783. The fourth-order valence-electron chi connectivity index (χ4n) is 1.73. The number of nitro groups is 1. The van der Waals surface area contributed by atoms with Gasteiger partial charge < -0.3 is 10.6 Å². The van der Waals surface area contributed by atoms with E-state index < -0.39 is 10.7 Å². The van der Waals surface area contributed by atoms with Crippen molar-refractivity contribution in [3.8, 4) is 0 Å². The smallest absolute Gasteiger partial charge is 0.295 e. The van der Waals surface area contributed by atoms with Crippen LogP contribution in [0.2, 0.25) is 5.02 Å². The zero-order chi connectivity index (χ0) is 13.8. The van der Waals surface area contributed by atoms with Gasteiger partial charge in [-0.2, -0.15) is 0 Å². The van der Waals surface area contributed by atoms with Gasteiger partial charge in [0, 0.05) is 12.6 Å². The van der Waals surface area contributed by atoms with Crippen molar-refractivity contribution < 1.29 is 9.31 Å². The minimum Gasteiger partial charge on any atom is -0.379 e. The second-order valence-electron chi connectivity index (χ2n) is 4.55. The van der Waals surface area contributed by atoms with E-state index in [0.29, 0.717) is 12.6 Å². The normalized spacial score (nSPS) is 14.4. The molecule has 0 amide bonds. The van der Waals surface area contributed by atoms with Crippen molar-refractivity contribution in [1.29, 1.82) is 0 Å². The zero-order valence-corrected chi connectivity index (χ0v) is 11.0. The summed E-state index contributed by atoms with van der Waals surface area (Å²) in [6.45, 7) is 1.43. The summed E-state index contributed by atoms with van der Waals surface area (Å²) in [5, 5.41) is 17.0. The van der Waals surface area contributed by atoms with Gasteiger partial charge in [0.05, 0.1) is 16.0 Å². The number of nitrogens with one attached hydrogen (secondary N) is 2. The molecular weight excluding hydrogens is 273 g/mol. The molecule has 0 spiro atoms. The topological polar surface area (TPSA) is 67.2 Å². The summed E-state index contributed by atoms with van der Waals surface area (Å²) in [6, 6.07) is 2.74. The lowest BCUT2D eigenvalue weighted by Gasteiger charge is -2.08. The number of rotatable bonds is 7. The molecular formula is C12H15ClFN3O2. The SMILES string of the molecule is O=[N+]([O-])c1cc(F)c(Cl)cc1NCCCNC1CC1.